The van der Waals surface area contributed by atoms with Gasteiger partial charge >= 0.3 is 0 Å². The Morgan fingerprint density at radius 1 is 1.69 bits per heavy atom. The number of carbonyl (C=O) groups excluding carboxylic acids is 1. The van der Waals surface area contributed by atoms with Crippen LogP contribution in [0.2, 0.25) is 0 Å². The van der Waals surface area contributed by atoms with Crippen LogP contribution >= 0.6 is 0 Å². The van der Waals surface area contributed by atoms with Gasteiger partial charge in [-0.3, -0.25) is 4.79 Å². The van der Waals surface area contributed by atoms with Crippen molar-refractivity contribution in [2.24, 2.45) is 0 Å². The van der Waals surface area contributed by atoms with Crippen LogP contribution in [0.3, 0.4) is 0 Å². The van der Waals surface area contributed by atoms with Gasteiger partial charge in [0, 0.05) is 13.0 Å². The molecular formula is C9H17FN2O. The molecule has 1 heterocycles. The van der Waals surface area contributed by atoms with Gasteiger partial charge in [0.15, 0.2) is 0 Å². The second-order valence-corrected chi connectivity index (χ2v) is 3.43. The first-order chi connectivity index (χ1) is 6.24. The summed E-state index contributed by atoms with van der Waals surface area (Å²) in [6.07, 6.45) is 1.07. The smallest absolute Gasteiger partial charge is 0.220 e. The van der Waals surface area contributed by atoms with Crippen LogP contribution in [0.5, 0.6) is 0 Å². The van der Waals surface area contributed by atoms with E-state index in [9.17, 15) is 9.18 Å². The molecule has 0 aliphatic carbocycles. The zero-order valence-corrected chi connectivity index (χ0v) is 7.98. The molecule has 1 aliphatic rings. The van der Waals surface area contributed by atoms with Gasteiger partial charge in [0.1, 0.15) is 6.17 Å². The van der Waals surface area contributed by atoms with Gasteiger partial charge in [-0.2, -0.15) is 0 Å². The van der Waals surface area contributed by atoms with Crippen molar-refractivity contribution < 1.29 is 9.18 Å². The summed E-state index contributed by atoms with van der Waals surface area (Å²) in [4.78, 5) is 11.2. The van der Waals surface area contributed by atoms with E-state index in [0.29, 0.717) is 19.4 Å². The van der Waals surface area contributed by atoms with Gasteiger partial charge < -0.3 is 10.6 Å². The van der Waals surface area contributed by atoms with Crippen LogP contribution < -0.4 is 10.6 Å². The third-order valence-corrected chi connectivity index (χ3v) is 2.23. The van der Waals surface area contributed by atoms with Crippen molar-refractivity contribution in [2.45, 2.75) is 38.4 Å². The van der Waals surface area contributed by atoms with Gasteiger partial charge in [-0.15, -0.1) is 0 Å². The molecule has 76 valence electrons. The highest BCUT2D eigenvalue weighted by Gasteiger charge is 2.25. The van der Waals surface area contributed by atoms with Crippen molar-refractivity contribution in [2.75, 3.05) is 13.1 Å². The monoisotopic (exact) mass is 188 g/mol. The largest absolute Gasteiger partial charge is 0.350 e. The number of alkyl halides is 1. The van der Waals surface area contributed by atoms with Crippen LogP contribution in [0.4, 0.5) is 4.39 Å². The standard InChI is InChI=1S/C9H17FN2O/c1-2-3-9(13)12-8-4-5-11-6-7(8)10/h7-8,11H,2-6H2,1H3,(H,12,13). The molecule has 1 amide bonds. The van der Waals surface area contributed by atoms with Crippen LogP contribution in [-0.4, -0.2) is 31.2 Å². The highest BCUT2D eigenvalue weighted by molar-refractivity contribution is 5.76. The maximum absolute atomic E-state index is 13.2. The average molecular weight is 188 g/mol. The summed E-state index contributed by atoms with van der Waals surface area (Å²) in [5.74, 6) is -0.0305. The molecular weight excluding hydrogens is 171 g/mol. The molecule has 0 saturated carbocycles. The average Bonchev–Trinajstić information content (AvgIpc) is 2.09. The van der Waals surface area contributed by atoms with E-state index in [-0.39, 0.29) is 11.9 Å². The molecule has 2 N–H and O–H groups in total. The fourth-order valence-corrected chi connectivity index (χ4v) is 1.49. The van der Waals surface area contributed by atoms with Gasteiger partial charge in [0.25, 0.3) is 0 Å². The lowest BCUT2D eigenvalue weighted by Gasteiger charge is -2.27. The van der Waals surface area contributed by atoms with E-state index in [1.807, 2.05) is 6.92 Å². The van der Waals surface area contributed by atoms with E-state index in [4.69, 9.17) is 0 Å². The number of rotatable bonds is 3. The highest BCUT2D eigenvalue weighted by Crippen LogP contribution is 2.07. The number of halogens is 1. The van der Waals surface area contributed by atoms with Crippen molar-refractivity contribution in [3.8, 4) is 0 Å². The Balaban J connectivity index is 2.29. The fraction of sp³-hybridized carbons (Fsp3) is 0.889. The first kappa shape index (κ1) is 10.4. The molecule has 2 atom stereocenters. The summed E-state index contributed by atoms with van der Waals surface area (Å²) in [5.41, 5.74) is 0. The Kier molecular flexibility index (Phi) is 4.15. The Labute approximate surface area is 78.1 Å². The van der Waals surface area contributed by atoms with E-state index < -0.39 is 6.17 Å². The van der Waals surface area contributed by atoms with Crippen LogP contribution in [-0.2, 0) is 4.79 Å². The summed E-state index contributed by atoms with van der Waals surface area (Å²) in [6, 6.07) is -0.278. The van der Waals surface area contributed by atoms with E-state index >= 15 is 0 Å². The molecule has 1 saturated heterocycles. The number of piperidine rings is 1. The Morgan fingerprint density at radius 2 is 2.46 bits per heavy atom. The first-order valence-electron chi connectivity index (χ1n) is 4.88. The number of amides is 1. The van der Waals surface area contributed by atoms with Crippen LogP contribution in [0, 0.1) is 0 Å². The van der Waals surface area contributed by atoms with Crippen LogP contribution in [0.25, 0.3) is 0 Å². The number of hydrogen-bond acceptors (Lipinski definition) is 2. The zero-order chi connectivity index (χ0) is 9.68. The second kappa shape index (κ2) is 5.17. The molecule has 1 fully saturated rings. The van der Waals surface area contributed by atoms with Gasteiger partial charge in [-0.25, -0.2) is 4.39 Å². The highest BCUT2D eigenvalue weighted by atomic mass is 19.1. The van der Waals surface area contributed by atoms with E-state index in [2.05, 4.69) is 10.6 Å². The molecule has 3 nitrogen and oxygen atoms in total. The Bertz CT molecular complexity index is 175. The van der Waals surface area contributed by atoms with Crippen molar-refractivity contribution in [1.82, 2.24) is 10.6 Å². The number of nitrogens with one attached hydrogen (secondary N) is 2. The second-order valence-electron chi connectivity index (χ2n) is 3.43. The van der Waals surface area contributed by atoms with Gasteiger partial charge in [0.2, 0.25) is 5.91 Å². The van der Waals surface area contributed by atoms with Crippen molar-refractivity contribution >= 4 is 5.91 Å². The Morgan fingerprint density at radius 3 is 3.08 bits per heavy atom. The lowest BCUT2D eigenvalue weighted by atomic mass is 10.0. The van der Waals surface area contributed by atoms with Crippen LogP contribution in [0.1, 0.15) is 26.2 Å². The maximum Gasteiger partial charge on any atom is 0.220 e. The lowest BCUT2D eigenvalue weighted by Crippen LogP contribution is -2.50. The summed E-state index contributed by atoms with van der Waals surface area (Å²) in [6.45, 7) is 3.09. The molecule has 4 heteroatoms. The van der Waals surface area contributed by atoms with E-state index in [0.717, 1.165) is 13.0 Å². The molecule has 0 aromatic heterocycles. The number of hydrogen-bond donors (Lipinski definition) is 2. The lowest BCUT2D eigenvalue weighted by molar-refractivity contribution is -0.122. The van der Waals surface area contributed by atoms with Gasteiger partial charge in [-0.05, 0) is 19.4 Å². The van der Waals surface area contributed by atoms with Crippen molar-refractivity contribution in [1.29, 1.82) is 0 Å². The summed E-state index contributed by atoms with van der Waals surface area (Å²) < 4.78 is 13.2. The van der Waals surface area contributed by atoms with Gasteiger partial charge in [-0.1, -0.05) is 6.92 Å². The van der Waals surface area contributed by atoms with Crippen LogP contribution in [0.15, 0.2) is 0 Å². The molecule has 1 aliphatic heterocycles. The molecule has 13 heavy (non-hydrogen) atoms. The summed E-state index contributed by atoms with van der Waals surface area (Å²) in [5, 5.41) is 5.66. The molecule has 0 spiro atoms. The molecule has 0 bridgehead atoms. The SMILES string of the molecule is CCCC(=O)NC1CCNCC1F. The zero-order valence-electron chi connectivity index (χ0n) is 7.98. The summed E-state index contributed by atoms with van der Waals surface area (Å²) >= 11 is 0. The number of carbonyl (C=O) groups is 1. The maximum atomic E-state index is 13.2. The normalized spacial score (nSPS) is 28.5. The predicted molar refractivity (Wildman–Crippen MR) is 49.2 cm³/mol. The van der Waals surface area contributed by atoms with Gasteiger partial charge in [0.05, 0.1) is 6.04 Å². The molecule has 0 radical (unpaired) electrons. The molecule has 0 aromatic rings. The predicted octanol–water partition coefficient (Wildman–Crippen LogP) is 0.603. The molecule has 1 rings (SSSR count). The minimum absolute atomic E-state index is 0.0305. The topological polar surface area (TPSA) is 41.1 Å². The molecule has 0 aromatic carbocycles. The van der Waals surface area contributed by atoms with E-state index in [1.165, 1.54) is 0 Å². The van der Waals surface area contributed by atoms with Crippen molar-refractivity contribution in [3.05, 3.63) is 0 Å². The Hall–Kier alpha value is -0.640. The third kappa shape index (κ3) is 3.30. The molecule has 2 unspecified atom stereocenters. The minimum atomic E-state index is -0.936. The summed E-state index contributed by atoms with van der Waals surface area (Å²) in [7, 11) is 0. The van der Waals surface area contributed by atoms with E-state index in [1.54, 1.807) is 0 Å². The third-order valence-electron chi connectivity index (χ3n) is 2.23. The first-order valence-corrected chi connectivity index (χ1v) is 4.88. The minimum Gasteiger partial charge on any atom is -0.350 e. The van der Waals surface area contributed by atoms with Crippen molar-refractivity contribution in [3.63, 3.8) is 0 Å². The quantitative estimate of drug-likeness (QED) is 0.681. The fourth-order valence-electron chi connectivity index (χ4n) is 1.49.